The molecule has 0 spiro atoms. The Morgan fingerprint density at radius 3 is 2.32 bits per heavy atom. The zero-order valence-corrected chi connectivity index (χ0v) is 14.7. The predicted octanol–water partition coefficient (Wildman–Crippen LogP) is 4.14. The first-order valence-corrected chi connectivity index (χ1v) is 8.14. The summed E-state index contributed by atoms with van der Waals surface area (Å²) >= 11 is 0. The number of carbonyl (C=O) groups is 2. The third-order valence-corrected chi connectivity index (χ3v) is 3.77. The number of rotatable bonds is 5. The summed E-state index contributed by atoms with van der Waals surface area (Å²) in [5.41, 5.74) is 0.716. The van der Waals surface area contributed by atoms with Crippen LogP contribution in [0, 0.1) is 11.6 Å². The fraction of sp³-hybridized carbons (Fsp3) is 0.0500. The quantitative estimate of drug-likeness (QED) is 0.647. The summed E-state index contributed by atoms with van der Waals surface area (Å²) in [5, 5.41) is 5.21. The normalized spacial score (nSPS) is 10.2. The van der Waals surface area contributed by atoms with Crippen molar-refractivity contribution in [1.82, 2.24) is 4.98 Å². The number of anilines is 3. The number of methoxy groups -OCH3 is 1. The topological polar surface area (TPSA) is 80.3 Å². The Morgan fingerprint density at radius 2 is 1.61 bits per heavy atom. The van der Waals surface area contributed by atoms with Crippen LogP contribution in [0.15, 0.2) is 60.9 Å². The Bertz CT molecular complexity index is 1020. The number of hydrogen-bond acceptors (Lipinski definition) is 5. The van der Waals surface area contributed by atoms with Gasteiger partial charge in [0, 0.05) is 11.9 Å². The third kappa shape index (κ3) is 4.29. The highest BCUT2D eigenvalue weighted by molar-refractivity contribution is 6.05. The Morgan fingerprint density at radius 1 is 0.929 bits per heavy atom. The van der Waals surface area contributed by atoms with Gasteiger partial charge in [0.2, 0.25) is 0 Å². The summed E-state index contributed by atoms with van der Waals surface area (Å²) < 4.78 is 32.2. The van der Waals surface area contributed by atoms with Gasteiger partial charge in [-0.3, -0.25) is 9.78 Å². The highest BCUT2D eigenvalue weighted by Crippen LogP contribution is 2.23. The van der Waals surface area contributed by atoms with Crippen molar-refractivity contribution in [2.75, 3.05) is 17.7 Å². The second kappa shape index (κ2) is 8.26. The van der Waals surface area contributed by atoms with Crippen LogP contribution in [0.25, 0.3) is 0 Å². The van der Waals surface area contributed by atoms with Gasteiger partial charge in [0.05, 0.1) is 30.1 Å². The summed E-state index contributed by atoms with van der Waals surface area (Å²) in [5.74, 6) is -2.58. The maximum atomic E-state index is 13.8. The molecule has 0 unspecified atom stereocenters. The number of ether oxygens (including phenoxy) is 1. The van der Waals surface area contributed by atoms with Gasteiger partial charge in [-0.15, -0.1) is 0 Å². The molecular weight excluding hydrogens is 368 g/mol. The van der Waals surface area contributed by atoms with Gasteiger partial charge < -0.3 is 15.4 Å². The third-order valence-electron chi connectivity index (χ3n) is 3.77. The number of benzene rings is 2. The molecule has 0 radical (unpaired) electrons. The summed E-state index contributed by atoms with van der Waals surface area (Å²) in [6.07, 6.45) is 2.64. The molecule has 3 aromatic rings. The van der Waals surface area contributed by atoms with Gasteiger partial charge in [-0.2, -0.15) is 0 Å². The first-order chi connectivity index (χ1) is 13.5. The molecule has 3 rings (SSSR count). The van der Waals surface area contributed by atoms with Crippen LogP contribution >= 0.6 is 0 Å². The number of carbonyl (C=O) groups excluding carboxylic acids is 2. The van der Waals surface area contributed by atoms with Gasteiger partial charge in [-0.25, -0.2) is 13.6 Å². The molecule has 0 fully saturated rings. The van der Waals surface area contributed by atoms with Crippen LogP contribution in [0.1, 0.15) is 20.7 Å². The molecule has 0 saturated heterocycles. The maximum Gasteiger partial charge on any atom is 0.337 e. The standard InChI is InChI=1S/C20H15F2N3O3/c1-28-20(27)12-4-2-5-14(8-12)25-19(26)13-9-15(11-23-10-13)24-18-16(21)6-3-7-17(18)22/h2-11,24H,1H3,(H,25,26). The summed E-state index contributed by atoms with van der Waals surface area (Å²) in [6, 6.07) is 11.1. The minimum atomic E-state index is -0.769. The zero-order valence-electron chi connectivity index (χ0n) is 14.7. The summed E-state index contributed by atoms with van der Waals surface area (Å²) in [4.78, 5) is 28.0. The number of esters is 1. The Balaban J connectivity index is 1.78. The van der Waals surface area contributed by atoms with Crippen molar-refractivity contribution in [3.63, 3.8) is 0 Å². The van der Waals surface area contributed by atoms with Gasteiger partial charge in [0.25, 0.3) is 5.91 Å². The number of halogens is 2. The largest absolute Gasteiger partial charge is 0.465 e. The lowest BCUT2D eigenvalue weighted by Gasteiger charge is -2.10. The van der Waals surface area contributed by atoms with Gasteiger partial charge in [0.1, 0.15) is 17.3 Å². The molecule has 28 heavy (non-hydrogen) atoms. The average Bonchev–Trinajstić information content (AvgIpc) is 2.70. The number of amides is 1. The van der Waals surface area contributed by atoms with Crippen molar-refractivity contribution in [3.8, 4) is 0 Å². The molecule has 142 valence electrons. The zero-order chi connectivity index (χ0) is 20.1. The average molecular weight is 383 g/mol. The molecule has 8 heteroatoms. The smallest absolute Gasteiger partial charge is 0.337 e. The summed E-state index contributed by atoms with van der Waals surface area (Å²) in [7, 11) is 1.26. The van der Waals surface area contributed by atoms with Crippen LogP contribution in [0.3, 0.4) is 0 Å². The lowest BCUT2D eigenvalue weighted by molar-refractivity contribution is 0.0600. The fourth-order valence-corrected chi connectivity index (χ4v) is 2.44. The molecular formula is C20H15F2N3O3. The molecule has 1 heterocycles. The molecule has 0 aliphatic heterocycles. The van der Waals surface area contributed by atoms with E-state index in [1.165, 1.54) is 37.7 Å². The van der Waals surface area contributed by atoms with Gasteiger partial charge in [-0.05, 0) is 36.4 Å². The highest BCUT2D eigenvalue weighted by Gasteiger charge is 2.12. The number of pyridine rings is 1. The van der Waals surface area contributed by atoms with Crippen LogP contribution in [-0.4, -0.2) is 24.0 Å². The Kier molecular flexibility index (Phi) is 5.59. The van der Waals surface area contributed by atoms with Crippen molar-refractivity contribution in [2.24, 2.45) is 0 Å². The molecule has 0 bridgehead atoms. The maximum absolute atomic E-state index is 13.8. The van der Waals surface area contributed by atoms with E-state index in [0.29, 0.717) is 5.69 Å². The van der Waals surface area contributed by atoms with E-state index in [0.717, 1.165) is 12.1 Å². The number of hydrogen-bond donors (Lipinski definition) is 2. The molecule has 0 saturated carbocycles. The number of nitrogens with one attached hydrogen (secondary N) is 2. The molecule has 0 aliphatic rings. The highest BCUT2D eigenvalue weighted by atomic mass is 19.1. The minimum absolute atomic E-state index is 0.158. The van der Waals surface area contributed by atoms with Crippen molar-refractivity contribution in [2.45, 2.75) is 0 Å². The monoisotopic (exact) mass is 383 g/mol. The first-order valence-electron chi connectivity index (χ1n) is 8.14. The molecule has 6 nitrogen and oxygen atoms in total. The van der Waals surface area contributed by atoms with Crippen molar-refractivity contribution in [1.29, 1.82) is 0 Å². The van der Waals surface area contributed by atoms with E-state index in [-0.39, 0.29) is 22.5 Å². The van der Waals surface area contributed by atoms with Gasteiger partial charge >= 0.3 is 5.97 Å². The SMILES string of the molecule is COC(=O)c1cccc(NC(=O)c2cncc(Nc3c(F)cccc3F)c2)c1. The second-order valence-electron chi connectivity index (χ2n) is 5.71. The van der Waals surface area contributed by atoms with Gasteiger partial charge in [0.15, 0.2) is 0 Å². The van der Waals surface area contributed by atoms with E-state index < -0.39 is 23.5 Å². The first kappa shape index (κ1) is 19.0. The van der Waals surface area contributed by atoms with Crippen molar-refractivity contribution < 1.29 is 23.1 Å². The number of para-hydroxylation sites is 1. The predicted molar refractivity (Wildman–Crippen MR) is 99.6 cm³/mol. The van der Waals surface area contributed by atoms with E-state index in [1.54, 1.807) is 18.2 Å². The lowest BCUT2D eigenvalue weighted by Crippen LogP contribution is -2.13. The van der Waals surface area contributed by atoms with E-state index in [1.807, 2.05) is 0 Å². The van der Waals surface area contributed by atoms with E-state index in [4.69, 9.17) is 0 Å². The van der Waals surface area contributed by atoms with E-state index in [9.17, 15) is 18.4 Å². The van der Waals surface area contributed by atoms with E-state index in [2.05, 4.69) is 20.4 Å². The fourth-order valence-electron chi connectivity index (χ4n) is 2.44. The van der Waals surface area contributed by atoms with Crippen LogP contribution in [0.4, 0.5) is 25.8 Å². The molecule has 2 N–H and O–H groups in total. The lowest BCUT2D eigenvalue weighted by atomic mass is 10.2. The van der Waals surface area contributed by atoms with E-state index >= 15 is 0 Å². The van der Waals surface area contributed by atoms with Crippen LogP contribution in [0.2, 0.25) is 0 Å². The number of aromatic nitrogens is 1. The molecule has 1 aromatic heterocycles. The molecule has 0 atom stereocenters. The summed E-state index contributed by atoms with van der Waals surface area (Å²) in [6.45, 7) is 0. The molecule has 2 aromatic carbocycles. The second-order valence-corrected chi connectivity index (χ2v) is 5.71. The minimum Gasteiger partial charge on any atom is -0.465 e. The van der Waals surface area contributed by atoms with Crippen molar-refractivity contribution in [3.05, 3.63) is 83.7 Å². The van der Waals surface area contributed by atoms with Crippen LogP contribution in [-0.2, 0) is 4.74 Å². The molecule has 1 amide bonds. The molecule has 0 aliphatic carbocycles. The van der Waals surface area contributed by atoms with Gasteiger partial charge in [-0.1, -0.05) is 12.1 Å². The Labute approximate surface area is 159 Å². The Hall–Kier alpha value is -3.81. The van der Waals surface area contributed by atoms with Crippen molar-refractivity contribution >= 4 is 28.9 Å². The van der Waals surface area contributed by atoms with Crippen LogP contribution in [0.5, 0.6) is 0 Å². The number of nitrogens with zero attached hydrogens (tertiary/aromatic N) is 1. The van der Waals surface area contributed by atoms with Crippen LogP contribution < -0.4 is 10.6 Å².